The van der Waals surface area contributed by atoms with E-state index in [0.29, 0.717) is 37.5 Å². The Morgan fingerprint density at radius 2 is 1.76 bits per heavy atom. The van der Waals surface area contributed by atoms with E-state index in [1.807, 2.05) is 55.5 Å². The van der Waals surface area contributed by atoms with E-state index < -0.39 is 0 Å². The molecule has 0 amide bonds. The predicted molar refractivity (Wildman–Crippen MR) is 134 cm³/mol. The summed E-state index contributed by atoms with van der Waals surface area (Å²) < 4.78 is 13.6. The maximum atomic E-state index is 13.0. The normalized spacial score (nSPS) is 12.0. The van der Waals surface area contributed by atoms with Gasteiger partial charge in [0.05, 0.1) is 25.6 Å². The number of fused-ring (bicyclic) bond motifs is 3. The van der Waals surface area contributed by atoms with Crippen LogP contribution in [0.15, 0.2) is 65.5 Å². The molecule has 0 aliphatic heterocycles. The van der Waals surface area contributed by atoms with Crippen molar-refractivity contribution in [3.63, 3.8) is 0 Å². The first-order chi connectivity index (χ1) is 16.0. The van der Waals surface area contributed by atoms with Gasteiger partial charge in [-0.05, 0) is 60.5 Å². The number of hydrogen-bond acceptors (Lipinski definition) is 5. The van der Waals surface area contributed by atoms with Crippen molar-refractivity contribution in [1.29, 1.82) is 0 Å². The fraction of sp³-hybridized carbons (Fsp3) is 0.120. The molecule has 8 heteroatoms. The first-order valence-corrected chi connectivity index (χ1v) is 11.8. The van der Waals surface area contributed by atoms with Gasteiger partial charge in [0.1, 0.15) is 19.0 Å². The number of thiazole rings is 1. The molecule has 0 N–H and O–H groups in total. The van der Waals surface area contributed by atoms with Crippen LogP contribution in [0.4, 0.5) is 0 Å². The Morgan fingerprint density at radius 1 is 1.00 bits per heavy atom. The molecule has 0 bridgehead atoms. The van der Waals surface area contributed by atoms with E-state index in [4.69, 9.17) is 32.7 Å². The zero-order chi connectivity index (χ0) is 22.9. The zero-order valence-corrected chi connectivity index (χ0v) is 19.9. The van der Waals surface area contributed by atoms with Gasteiger partial charge in [0.2, 0.25) is 0 Å². The quantitative estimate of drug-likeness (QED) is 0.290. The van der Waals surface area contributed by atoms with Crippen LogP contribution in [-0.4, -0.2) is 22.6 Å². The molecule has 5 nitrogen and oxygen atoms in total. The fourth-order valence-corrected chi connectivity index (χ4v) is 5.17. The molecular weight excluding hydrogens is 479 g/mol. The molecule has 0 radical (unpaired) electrons. The van der Waals surface area contributed by atoms with E-state index in [0.717, 1.165) is 22.3 Å². The second-order valence-electron chi connectivity index (χ2n) is 7.46. The molecule has 0 aliphatic rings. The average molecular weight is 497 g/mol. The molecule has 5 rings (SSSR count). The Labute approximate surface area is 203 Å². The number of benzene rings is 3. The monoisotopic (exact) mass is 496 g/mol. The van der Waals surface area contributed by atoms with Crippen molar-refractivity contribution in [2.45, 2.75) is 6.92 Å². The van der Waals surface area contributed by atoms with Crippen LogP contribution in [0.1, 0.15) is 11.1 Å². The lowest BCUT2D eigenvalue weighted by molar-refractivity contribution is 0.217. The number of hydrogen-bond donors (Lipinski definition) is 0. The van der Waals surface area contributed by atoms with Gasteiger partial charge < -0.3 is 9.47 Å². The number of para-hydroxylation sites is 2. The molecule has 0 unspecified atom stereocenters. The summed E-state index contributed by atoms with van der Waals surface area (Å²) in [4.78, 5) is 18.1. The highest BCUT2D eigenvalue weighted by atomic mass is 35.5. The summed E-state index contributed by atoms with van der Waals surface area (Å²) in [6.45, 7) is 2.65. The molecule has 2 aromatic heterocycles. The van der Waals surface area contributed by atoms with Gasteiger partial charge in [-0.3, -0.25) is 4.79 Å². The predicted octanol–water partition coefficient (Wildman–Crippen LogP) is 5.53. The van der Waals surface area contributed by atoms with Gasteiger partial charge >= 0.3 is 0 Å². The third kappa shape index (κ3) is 4.42. The summed E-state index contributed by atoms with van der Waals surface area (Å²) in [7, 11) is 0. The van der Waals surface area contributed by atoms with E-state index in [-0.39, 0.29) is 12.2 Å². The maximum absolute atomic E-state index is 13.0. The molecule has 166 valence electrons. The summed E-state index contributed by atoms with van der Waals surface area (Å²) in [6, 6.07) is 18.8. The Kier molecular flexibility index (Phi) is 5.98. The lowest BCUT2D eigenvalue weighted by Gasteiger charge is -2.12. The van der Waals surface area contributed by atoms with Gasteiger partial charge in [0.15, 0.2) is 10.7 Å². The van der Waals surface area contributed by atoms with Crippen LogP contribution in [0.25, 0.3) is 22.1 Å². The second-order valence-corrected chi connectivity index (χ2v) is 9.28. The first-order valence-electron chi connectivity index (χ1n) is 10.2. The van der Waals surface area contributed by atoms with Crippen LogP contribution < -0.4 is 19.6 Å². The molecule has 0 fully saturated rings. The minimum Gasteiger partial charge on any atom is -0.490 e. The number of aromatic nitrogens is 2. The highest BCUT2D eigenvalue weighted by Crippen LogP contribution is 2.34. The molecule has 3 aromatic carbocycles. The second kappa shape index (κ2) is 9.06. The average Bonchev–Trinajstić information content (AvgIpc) is 3.29. The van der Waals surface area contributed by atoms with E-state index >= 15 is 0 Å². The summed E-state index contributed by atoms with van der Waals surface area (Å²) in [6.07, 6.45) is 1.76. The fourth-order valence-electron chi connectivity index (χ4n) is 3.57. The number of ether oxygens (including phenoxy) is 2. The summed E-state index contributed by atoms with van der Waals surface area (Å²) in [5.41, 5.74) is 3.30. The lowest BCUT2D eigenvalue weighted by atomic mass is 10.2. The topological polar surface area (TPSA) is 52.8 Å². The molecule has 0 aliphatic carbocycles. The van der Waals surface area contributed by atoms with Crippen molar-refractivity contribution >= 4 is 56.6 Å². The third-order valence-electron chi connectivity index (χ3n) is 5.05. The van der Waals surface area contributed by atoms with E-state index in [1.54, 1.807) is 22.6 Å². The Bertz CT molecular complexity index is 1570. The first kappa shape index (κ1) is 21.8. The van der Waals surface area contributed by atoms with Crippen molar-refractivity contribution in [2.24, 2.45) is 0 Å². The summed E-state index contributed by atoms with van der Waals surface area (Å²) >= 11 is 14.2. The Hall–Kier alpha value is -3.06. The van der Waals surface area contributed by atoms with Crippen LogP contribution in [0.3, 0.4) is 0 Å². The molecule has 5 aromatic rings. The van der Waals surface area contributed by atoms with Crippen molar-refractivity contribution in [3.05, 3.63) is 96.7 Å². The largest absolute Gasteiger partial charge is 0.490 e. The van der Waals surface area contributed by atoms with Crippen LogP contribution in [0, 0.1) is 6.92 Å². The standard InChI is InChI=1S/C25H18Cl2N2O3S/c1-15-5-4-6-17(11-15)31-9-10-32-23-18(26)12-16(13-19(23)27)14-22-24(30)29-21-8-3-2-7-20(21)28-25(29)33-22/h2-8,11-14H,9-10H2,1H3. The van der Waals surface area contributed by atoms with Gasteiger partial charge in [0.25, 0.3) is 5.56 Å². The van der Waals surface area contributed by atoms with Crippen molar-refractivity contribution in [2.75, 3.05) is 13.2 Å². The third-order valence-corrected chi connectivity index (χ3v) is 6.58. The SMILES string of the molecule is Cc1cccc(OCCOc2c(Cl)cc(C=c3sc4nc5ccccc5n4c3=O)cc2Cl)c1. The Balaban J connectivity index is 1.35. The molecular formula is C25H18Cl2N2O3S. The lowest BCUT2D eigenvalue weighted by Crippen LogP contribution is -2.22. The van der Waals surface area contributed by atoms with Crippen molar-refractivity contribution in [1.82, 2.24) is 9.38 Å². The molecule has 0 spiro atoms. The van der Waals surface area contributed by atoms with Crippen LogP contribution in [0.2, 0.25) is 10.0 Å². The number of rotatable bonds is 6. The van der Waals surface area contributed by atoms with Gasteiger partial charge in [-0.15, -0.1) is 0 Å². The zero-order valence-electron chi connectivity index (χ0n) is 17.5. The highest BCUT2D eigenvalue weighted by Gasteiger charge is 2.12. The number of halogens is 2. The van der Waals surface area contributed by atoms with Gasteiger partial charge in [-0.25, -0.2) is 9.38 Å². The number of nitrogens with zero attached hydrogens (tertiary/aromatic N) is 2. The van der Waals surface area contributed by atoms with E-state index in [1.165, 1.54) is 11.3 Å². The molecule has 33 heavy (non-hydrogen) atoms. The van der Waals surface area contributed by atoms with Crippen LogP contribution >= 0.6 is 34.5 Å². The Morgan fingerprint density at radius 3 is 2.55 bits per heavy atom. The highest BCUT2D eigenvalue weighted by molar-refractivity contribution is 7.15. The molecule has 0 atom stereocenters. The van der Waals surface area contributed by atoms with Gasteiger partial charge in [-0.1, -0.05) is 58.8 Å². The number of imidazole rings is 1. The van der Waals surface area contributed by atoms with E-state index in [9.17, 15) is 4.79 Å². The van der Waals surface area contributed by atoms with Gasteiger partial charge in [-0.2, -0.15) is 0 Å². The molecule has 0 saturated carbocycles. The van der Waals surface area contributed by atoms with Crippen molar-refractivity contribution in [3.8, 4) is 11.5 Å². The van der Waals surface area contributed by atoms with Crippen LogP contribution in [-0.2, 0) is 0 Å². The smallest absolute Gasteiger partial charge is 0.274 e. The minimum absolute atomic E-state index is 0.121. The van der Waals surface area contributed by atoms with Crippen LogP contribution in [0.5, 0.6) is 11.5 Å². The minimum atomic E-state index is -0.121. The summed E-state index contributed by atoms with van der Waals surface area (Å²) in [5, 5.41) is 0.729. The maximum Gasteiger partial charge on any atom is 0.274 e. The molecule has 0 saturated heterocycles. The van der Waals surface area contributed by atoms with Gasteiger partial charge in [0, 0.05) is 0 Å². The van der Waals surface area contributed by atoms with E-state index in [2.05, 4.69) is 4.98 Å². The van der Waals surface area contributed by atoms with Crippen molar-refractivity contribution < 1.29 is 9.47 Å². The number of aryl methyl sites for hydroxylation is 1. The molecule has 2 heterocycles. The summed E-state index contributed by atoms with van der Waals surface area (Å²) in [5.74, 6) is 1.17.